The zero-order valence-electron chi connectivity index (χ0n) is 10.00. The van der Waals surface area contributed by atoms with Gasteiger partial charge in [-0.2, -0.15) is 0 Å². The molecule has 0 saturated carbocycles. The van der Waals surface area contributed by atoms with E-state index in [9.17, 15) is 0 Å². The van der Waals surface area contributed by atoms with Crippen molar-refractivity contribution in [2.75, 3.05) is 13.7 Å². The topological polar surface area (TPSA) is 34.1 Å². The molecule has 0 fully saturated rings. The minimum Gasteiger partial charge on any atom is -0.496 e. The molecular weight excluding hydrogens is 268 g/mol. The Balaban J connectivity index is 2.06. The molecule has 2 aromatic rings. The summed E-state index contributed by atoms with van der Waals surface area (Å²) in [7, 11) is 1.66. The maximum Gasteiger partial charge on any atom is 0.130 e. The van der Waals surface area contributed by atoms with Gasteiger partial charge in [0.1, 0.15) is 10.8 Å². The molecular formula is C13H13ClN2OS. The predicted molar refractivity (Wildman–Crippen MR) is 74.5 cm³/mol. The van der Waals surface area contributed by atoms with Crippen LogP contribution in [0.2, 0.25) is 5.02 Å². The summed E-state index contributed by atoms with van der Waals surface area (Å²) < 4.78 is 5.38. The zero-order chi connectivity index (χ0) is 12.5. The van der Waals surface area contributed by atoms with Gasteiger partial charge in [0.2, 0.25) is 0 Å². The summed E-state index contributed by atoms with van der Waals surface area (Å²) >= 11 is 7.70. The first-order chi connectivity index (χ1) is 8.78. The number of hydrogen-bond acceptors (Lipinski definition) is 4. The summed E-state index contributed by atoms with van der Waals surface area (Å²) in [6.45, 7) is 1.93. The summed E-state index contributed by atoms with van der Waals surface area (Å²) in [4.78, 5) is 6.04. The van der Waals surface area contributed by atoms with Crippen LogP contribution in [0.3, 0.4) is 0 Å². The molecule has 1 aliphatic heterocycles. The van der Waals surface area contributed by atoms with Gasteiger partial charge in [0.25, 0.3) is 0 Å². The molecule has 3 nitrogen and oxygen atoms in total. The molecule has 94 valence electrons. The fraction of sp³-hybridized carbons (Fsp3) is 0.308. The second kappa shape index (κ2) is 4.88. The zero-order valence-corrected chi connectivity index (χ0v) is 11.6. The number of fused-ring (bicyclic) bond motifs is 1. The van der Waals surface area contributed by atoms with Gasteiger partial charge in [0, 0.05) is 29.4 Å². The van der Waals surface area contributed by atoms with Crippen LogP contribution in [0.5, 0.6) is 5.75 Å². The maximum atomic E-state index is 5.98. The monoisotopic (exact) mass is 280 g/mol. The van der Waals surface area contributed by atoms with E-state index in [1.807, 2.05) is 18.2 Å². The van der Waals surface area contributed by atoms with Gasteiger partial charge in [-0.1, -0.05) is 11.6 Å². The predicted octanol–water partition coefficient (Wildman–Crippen LogP) is 3.12. The van der Waals surface area contributed by atoms with Crippen LogP contribution in [0.15, 0.2) is 18.2 Å². The fourth-order valence-electron chi connectivity index (χ4n) is 2.08. The molecule has 0 saturated heterocycles. The molecule has 0 atom stereocenters. The van der Waals surface area contributed by atoms with Gasteiger partial charge in [-0.15, -0.1) is 11.3 Å². The van der Waals surface area contributed by atoms with Crippen LogP contribution >= 0.6 is 22.9 Å². The lowest BCUT2D eigenvalue weighted by Crippen LogP contribution is -2.22. The number of methoxy groups -OCH3 is 1. The molecule has 0 unspecified atom stereocenters. The average Bonchev–Trinajstić information content (AvgIpc) is 2.82. The van der Waals surface area contributed by atoms with Crippen molar-refractivity contribution in [1.82, 2.24) is 10.3 Å². The van der Waals surface area contributed by atoms with E-state index in [4.69, 9.17) is 21.3 Å². The average molecular weight is 281 g/mol. The summed E-state index contributed by atoms with van der Waals surface area (Å²) in [6, 6.07) is 5.67. The minimum absolute atomic E-state index is 0.679. The SMILES string of the molecule is COc1cc(Cl)ccc1-c1nc2c(s1)CNCC2. The molecule has 2 heterocycles. The Morgan fingerprint density at radius 3 is 3.11 bits per heavy atom. The van der Waals surface area contributed by atoms with Gasteiger partial charge in [-0.25, -0.2) is 4.98 Å². The minimum atomic E-state index is 0.679. The van der Waals surface area contributed by atoms with Crippen LogP contribution < -0.4 is 10.1 Å². The maximum absolute atomic E-state index is 5.98. The third-order valence-electron chi connectivity index (χ3n) is 3.00. The summed E-state index contributed by atoms with van der Waals surface area (Å²) in [6.07, 6.45) is 1.00. The van der Waals surface area contributed by atoms with E-state index in [-0.39, 0.29) is 0 Å². The van der Waals surface area contributed by atoms with Gasteiger partial charge in [-0.3, -0.25) is 0 Å². The molecule has 1 N–H and O–H groups in total. The number of nitrogens with one attached hydrogen (secondary N) is 1. The van der Waals surface area contributed by atoms with E-state index in [1.165, 1.54) is 10.6 Å². The highest BCUT2D eigenvalue weighted by atomic mass is 35.5. The molecule has 1 aromatic heterocycles. The molecule has 0 radical (unpaired) electrons. The van der Waals surface area contributed by atoms with E-state index < -0.39 is 0 Å². The Bertz CT molecular complexity index is 559. The highest BCUT2D eigenvalue weighted by molar-refractivity contribution is 7.15. The van der Waals surface area contributed by atoms with Crippen LogP contribution in [0.1, 0.15) is 10.6 Å². The molecule has 0 bridgehead atoms. The third kappa shape index (κ3) is 2.11. The summed E-state index contributed by atoms with van der Waals surface area (Å²) in [5, 5.41) is 5.05. The number of halogens is 1. The molecule has 0 spiro atoms. The molecule has 1 aromatic carbocycles. The van der Waals surface area contributed by atoms with Crippen molar-refractivity contribution >= 4 is 22.9 Å². The van der Waals surface area contributed by atoms with Gasteiger partial charge >= 0.3 is 0 Å². The molecule has 0 amide bonds. The molecule has 1 aliphatic rings. The van der Waals surface area contributed by atoms with Crippen molar-refractivity contribution < 1.29 is 4.74 Å². The number of benzene rings is 1. The first-order valence-corrected chi connectivity index (χ1v) is 7.00. The first kappa shape index (κ1) is 12.0. The van der Waals surface area contributed by atoms with Gasteiger partial charge in [0.15, 0.2) is 0 Å². The van der Waals surface area contributed by atoms with E-state index in [0.717, 1.165) is 35.8 Å². The lowest BCUT2D eigenvalue weighted by molar-refractivity contribution is 0.416. The van der Waals surface area contributed by atoms with Crippen molar-refractivity contribution in [3.05, 3.63) is 33.8 Å². The lowest BCUT2D eigenvalue weighted by atomic mass is 10.2. The Labute approximate surface area is 115 Å². The molecule has 5 heteroatoms. The second-order valence-electron chi connectivity index (χ2n) is 4.16. The summed E-state index contributed by atoms with van der Waals surface area (Å²) in [5.74, 6) is 0.779. The van der Waals surface area contributed by atoms with Crippen molar-refractivity contribution in [3.63, 3.8) is 0 Å². The van der Waals surface area contributed by atoms with Gasteiger partial charge < -0.3 is 10.1 Å². The van der Waals surface area contributed by atoms with E-state index in [1.54, 1.807) is 18.4 Å². The highest BCUT2D eigenvalue weighted by Crippen LogP contribution is 2.36. The van der Waals surface area contributed by atoms with Crippen LogP contribution in [-0.4, -0.2) is 18.6 Å². The Morgan fingerprint density at radius 1 is 1.44 bits per heavy atom. The van der Waals surface area contributed by atoms with Gasteiger partial charge in [0.05, 0.1) is 18.4 Å². The first-order valence-electron chi connectivity index (χ1n) is 5.81. The second-order valence-corrected chi connectivity index (χ2v) is 5.68. The molecule has 0 aliphatic carbocycles. The standard InChI is InChI=1S/C13H13ClN2OS/c1-17-11-6-8(14)2-3-9(11)13-16-10-4-5-15-7-12(10)18-13/h2-3,6,15H,4-5,7H2,1H3. The van der Waals surface area contributed by atoms with Crippen LogP contribution in [0, 0.1) is 0 Å². The van der Waals surface area contributed by atoms with E-state index in [2.05, 4.69) is 5.32 Å². The number of thiazole rings is 1. The van der Waals surface area contributed by atoms with Crippen molar-refractivity contribution in [1.29, 1.82) is 0 Å². The van der Waals surface area contributed by atoms with Gasteiger partial charge in [-0.05, 0) is 18.2 Å². The lowest BCUT2D eigenvalue weighted by Gasteiger charge is -2.09. The van der Waals surface area contributed by atoms with Crippen LogP contribution in [0.25, 0.3) is 10.6 Å². The quantitative estimate of drug-likeness (QED) is 0.918. The van der Waals surface area contributed by atoms with E-state index >= 15 is 0 Å². The number of hydrogen-bond donors (Lipinski definition) is 1. The fourth-order valence-corrected chi connectivity index (χ4v) is 3.35. The Kier molecular flexibility index (Phi) is 3.24. The Hall–Kier alpha value is -1.10. The van der Waals surface area contributed by atoms with Crippen LogP contribution in [0.4, 0.5) is 0 Å². The van der Waals surface area contributed by atoms with Crippen LogP contribution in [-0.2, 0) is 13.0 Å². The Morgan fingerprint density at radius 2 is 2.33 bits per heavy atom. The molecule has 18 heavy (non-hydrogen) atoms. The summed E-state index contributed by atoms with van der Waals surface area (Å²) in [5.41, 5.74) is 2.23. The normalized spacial score (nSPS) is 14.3. The number of nitrogens with zero attached hydrogens (tertiary/aromatic N) is 1. The largest absolute Gasteiger partial charge is 0.496 e. The van der Waals surface area contributed by atoms with Crippen molar-refractivity contribution in [2.24, 2.45) is 0 Å². The number of ether oxygens (including phenoxy) is 1. The number of rotatable bonds is 2. The van der Waals surface area contributed by atoms with E-state index in [0.29, 0.717) is 5.02 Å². The molecule has 3 rings (SSSR count). The highest BCUT2D eigenvalue weighted by Gasteiger charge is 2.17. The third-order valence-corrected chi connectivity index (χ3v) is 4.36. The number of aromatic nitrogens is 1. The van der Waals surface area contributed by atoms with Crippen molar-refractivity contribution in [2.45, 2.75) is 13.0 Å². The smallest absolute Gasteiger partial charge is 0.130 e. The van der Waals surface area contributed by atoms with Crippen molar-refractivity contribution in [3.8, 4) is 16.3 Å².